The van der Waals surface area contributed by atoms with Crippen LogP contribution in [0.5, 0.6) is 0 Å². The molecular weight excluding hydrogens is 368 g/mol. The van der Waals surface area contributed by atoms with Crippen molar-refractivity contribution in [3.63, 3.8) is 0 Å². The number of rotatable bonds is 5. The van der Waals surface area contributed by atoms with Crippen LogP contribution in [0, 0.1) is 5.92 Å². The number of sulfonamides is 1. The molecule has 1 aliphatic carbocycles. The van der Waals surface area contributed by atoms with E-state index in [9.17, 15) is 18.0 Å². The lowest BCUT2D eigenvalue weighted by Gasteiger charge is -2.31. The number of carbonyl (C=O) groups excluding carboxylic acids is 1. The lowest BCUT2D eigenvalue weighted by molar-refractivity contribution is -0.126. The van der Waals surface area contributed by atoms with Crippen LogP contribution in [-0.4, -0.2) is 48.8 Å². The molecule has 146 valence electrons. The number of benzene rings is 1. The molecule has 0 spiro atoms. The van der Waals surface area contributed by atoms with Gasteiger partial charge in [-0.15, -0.1) is 0 Å². The maximum Gasteiger partial charge on any atom is 0.335 e. The van der Waals surface area contributed by atoms with Crippen LogP contribution < -0.4 is 5.32 Å². The number of amides is 1. The Labute approximate surface area is 159 Å². The number of allylic oxidation sites excluding steroid dienone is 1. The van der Waals surface area contributed by atoms with E-state index in [1.54, 1.807) is 0 Å². The van der Waals surface area contributed by atoms with Crippen molar-refractivity contribution >= 4 is 21.9 Å². The number of aromatic carboxylic acids is 1. The molecule has 7 nitrogen and oxygen atoms in total. The Morgan fingerprint density at radius 3 is 2.26 bits per heavy atom. The van der Waals surface area contributed by atoms with Gasteiger partial charge in [0.05, 0.1) is 10.5 Å². The van der Waals surface area contributed by atoms with Crippen LogP contribution in [0.4, 0.5) is 0 Å². The van der Waals surface area contributed by atoms with E-state index in [0.29, 0.717) is 12.8 Å². The molecule has 1 saturated heterocycles. The molecular formula is C19H24N2O5S. The van der Waals surface area contributed by atoms with Crippen molar-refractivity contribution in [2.45, 2.75) is 43.0 Å². The first-order chi connectivity index (χ1) is 12.9. The second kappa shape index (κ2) is 8.22. The Hall–Kier alpha value is -2.19. The minimum Gasteiger partial charge on any atom is -0.478 e. The van der Waals surface area contributed by atoms with Crippen molar-refractivity contribution in [2.24, 2.45) is 5.92 Å². The molecule has 1 unspecified atom stereocenters. The minimum atomic E-state index is -3.68. The predicted octanol–water partition coefficient (Wildman–Crippen LogP) is 2.01. The van der Waals surface area contributed by atoms with Gasteiger partial charge in [0.2, 0.25) is 15.9 Å². The first-order valence-electron chi connectivity index (χ1n) is 9.17. The van der Waals surface area contributed by atoms with Gasteiger partial charge in [0, 0.05) is 25.0 Å². The standard InChI is InChI=1S/C19H24N2O5S/c22-18(20-16-4-2-1-3-5-16)14-10-12-21(13-11-14)27(25,26)17-8-6-15(7-9-17)19(23)24/h1-2,6-9,14,16H,3-5,10-13H2,(H,20,22)(H,23,24). The summed E-state index contributed by atoms with van der Waals surface area (Å²) in [5.41, 5.74) is 0.0434. The first-order valence-corrected chi connectivity index (χ1v) is 10.6. The second-order valence-electron chi connectivity index (χ2n) is 7.00. The van der Waals surface area contributed by atoms with Gasteiger partial charge < -0.3 is 10.4 Å². The second-order valence-corrected chi connectivity index (χ2v) is 8.94. The molecule has 0 aromatic heterocycles. The van der Waals surface area contributed by atoms with Crippen molar-refractivity contribution < 1.29 is 23.1 Å². The molecule has 2 N–H and O–H groups in total. The average molecular weight is 392 g/mol. The summed E-state index contributed by atoms with van der Waals surface area (Å²) in [6.45, 7) is 0.567. The number of carboxylic acid groups (broad SMARTS) is 1. The van der Waals surface area contributed by atoms with E-state index >= 15 is 0 Å². The summed E-state index contributed by atoms with van der Waals surface area (Å²) < 4.78 is 26.8. The average Bonchev–Trinajstić information content (AvgIpc) is 2.69. The fraction of sp³-hybridized carbons (Fsp3) is 0.474. The van der Waals surface area contributed by atoms with Crippen LogP contribution in [0.3, 0.4) is 0 Å². The number of carbonyl (C=O) groups is 2. The van der Waals surface area contributed by atoms with E-state index in [4.69, 9.17) is 5.11 Å². The van der Waals surface area contributed by atoms with Crippen LogP contribution in [0.25, 0.3) is 0 Å². The quantitative estimate of drug-likeness (QED) is 0.746. The van der Waals surface area contributed by atoms with Gasteiger partial charge in [0.1, 0.15) is 0 Å². The maximum atomic E-state index is 12.7. The third-order valence-corrected chi connectivity index (χ3v) is 7.09. The van der Waals surface area contributed by atoms with Crippen LogP contribution in [0.1, 0.15) is 42.5 Å². The molecule has 2 aliphatic rings. The van der Waals surface area contributed by atoms with Gasteiger partial charge in [0.15, 0.2) is 0 Å². The van der Waals surface area contributed by atoms with Gasteiger partial charge in [-0.2, -0.15) is 4.31 Å². The van der Waals surface area contributed by atoms with Crippen molar-refractivity contribution in [3.8, 4) is 0 Å². The number of carboxylic acids is 1. The monoisotopic (exact) mass is 392 g/mol. The molecule has 1 atom stereocenters. The molecule has 1 amide bonds. The topological polar surface area (TPSA) is 104 Å². The number of hydrogen-bond acceptors (Lipinski definition) is 4. The highest BCUT2D eigenvalue weighted by molar-refractivity contribution is 7.89. The molecule has 0 bridgehead atoms. The first kappa shape index (κ1) is 19.6. The Bertz CT molecular complexity index is 824. The molecule has 1 fully saturated rings. The predicted molar refractivity (Wildman–Crippen MR) is 99.8 cm³/mol. The fourth-order valence-electron chi connectivity index (χ4n) is 3.52. The summed E-state index contributed by atoms with van der Waals surface area (Å²) >= 11 is 0. The van der Waals surface area contributed by atoms with E-state index in [-0.39, 0.29) is 41.4 Å². The van der Waals surface area contributed by atoms with Crippen molar-refractivity contribution in [2.75, 3.05) is 13.1 Å². The number of hydrogen-bond donors (Lipinski definition) is 2. The fourth-order valence-corrected chi connectivity index (χ4v) is 4.99. The number of piperidine rings is 1. The third-order valence-electron chi connectivity index (χ3n) is 5.18. The van der Waals surface area contributed by atoms with E-state index in [0.717, 1.165) is 19.3 Å². The molecule has 1 aliphatic heterocycles. The third kappa shape index (κ3) is 4.56. The molecule has 0 radical (unpaired) electrons. The summed E-state index contributed by atoms with van der Waals surface area (Å²) in [6.07, 6.45) is 7.95. The SMILES string of the molecule is O=C(O)c1ccc(S(=O)(=O)N2CCC(C(=O)NC3CC=CCC3)CC2)cc1. The van der Waals surface area contributed by atoms with E-state index in [1.165, 1.54) is 28.6 Å². The van der Waals surface area contributed by atoms with E-state index < -0.39 is 16.0 Å². The van der Waals surface area contributed by atoms with E-state index in [1.807, 2.05) is 0 Å². The summed E-state index contributed by atoms with van der Waals surface area (Å²) in [5, 5.41) is 12.0. The van der Waals surface area contributed by atoms with Gasteiger partial charge in [-0.25, -0.2) is 13.2 Å². The van der Waals surface area contributed by atoms with Crippen LogP contribution in [-0.2, 0) is 14.8 Å². The minimum absolute atomic E-state index is 0.0122. The molecule has 8 heteroatoms. The maximum absolute atomic E-state index is 12.7. The van der Waals surface area contributed by atoms with Crippen molar-refractivity contribution in [3.05, 3.63) is 42.0 Å². The van der Waals surface area contributed by atoms with Crippen LogP contribution in [0.2, 0.25) is 0 Å². The number of nitrogens with zero attached hydrogens (tertiary/aromatic N) is 1. The Kier molecular flexibility index (Phi) is 5.96. The summed E-state index contributed by atoms with van der Waals surface area (Å²) in [6, 6.07) is 5.38. The Balaban J connectivity index is 1.58. The van der Waals surface area contributed by atoms with Gasteiger partial charge in [-0.3, -0.25) is 4.79 Å². The molecule has 27 heavy (non-hydrogen) atoms. The molecule has 1 heterocycles. The molecule has 1 aromatic rings. The van der Waals surface area contributed by atoms with Crippen molar-refractivity contribution in [1.29, 1.82) is 0 Å². The lowest BCUT2D eigenvalue weighted by Crippen LogP contribution is -2.45. The van der Waals surface area contributed by atoms with Gasteiger partial charge in [-0.05, 0) is 56.4 Å². The zero-order chi connectivity index (χ0) is 19.4. The van der Waals surface area contributed by atoms with Gasteiger partial charge in [-0.1, -0.05) is 12.2 Å². The van der Waals surface area contributed by atoms with Crippen LogP contribution >= 0.6 is 0 Å². The highest BCUT2D eigenvalue weighted by Gasteiger charge is 2.32. The molecule has 1 aromatic carbocycles. The van der Waals surface area contributed by atoms with Crippen LogP contribution in [0.15, 0.2) is 41.3 Å². The normalized spacial score (nSPS) is 21.7. The summed E-state index contributed by atoms with van der Waals surface area (Å²) in [4.78, 5) is 23.4. The molecule has 0 saturated carbocycles. The van der Waals surface area contributed by atoms with Crippen molar-refractivity contribution in [1.82, 2.24) is 9.62 Å². The number of nitrogens with one attached hydrogen (secondary N) is 1. The Morgan fingerprint density at radius 2 is 1.70 bits per heavy atom. The summed E-state index contributed by atoms with van der Waals surface area (Å²) in [7, 11) is -3.68. The lowest BCUT2D eigenvalue weighted by atomic mass is 9.95. The summed E-state index contributed by atoms with van der Waals surface area (Å²) in [5.74, 6) is -1.26. The smallest absolute Gasteiger partial charge is 0.335 e. The Morgan fingerprint density at radius 1 is 1.04 bits per heavy atom. The van der Waals surface area contributed by atoms with Gasteiger partial charge in [0.25, 0.3) is 0 Å². The molecule has 3 rings (SSSR count). The van der Waals surface area contributed by atoms with E-state index in [2.05, 4.69) is 17.5 Å². The largest absolute Gasteiger partial charge is 0.478 e. The zero-order valence-electron chi connectivity index (χ0n) is 15.0. The zero-order valence-corrected chi connectivity index (χ0v) is 15.8. The van der Waals surface area contributed by atoms with Gasteiger partial charge >= 0.3 is 5.97 Å². The highest BCUT2D eigenvalue weighted by Crippen LogP contribution is 2.25. The highest BCUT2D eigenvalue weighted by atomic mass is 32.2.